The van der Waals surface area contributed by atoms with Crippen LogP contribution in [-0.2, 0) is 11.3 Å². The molecule has 1 aromatic heterocycles. The van der Waals surface area contributed by atoms with Gasteiger partial charge in [-0.1, -0.05) is 42.0 Å². The molecule has 2 aromatic carbocycles. The number of hydrogen-bond donors (Lipinski definition) is 1. The second-order valence-electron chi connectivity index (χ2n) is 7.44. The van der Waals surface area contributed by atoms with Gasteiger partial charge in [0.25, 0.3) is 5.91 Å². The van der Waals surface area contributed by atoms with Gasteiger partial charge in [0.2, 0.25) is 5.91 Å². The van der Waals surface area contributed by atoms with E-state index in [2.05, 4.69) is 16.4 Å². The molecule has 0 radical (unpaired) electrons. The molecule has 5 heteroatoms. The van der Waals surface area contributed by atoms with Gasteiger partial charge in [-0.25, -0.2) is 0 Å². The average Bonchev–Trinajstić information content (AvgIpc) is 2.98. The Morgan fingerprint density at radius 1 is 1.03 bits per heavy atom. The Bertz CT molecular complexity index is 1080. The molecule has 146 valence electrons. The number of nitrogens with one attached hydrogen (secondary N) is 1. The molecule has 0 saturated carbocycles. The maximum atomic E-state index is 13.1. The number of fused-ring (bicyclic) bond motifs is 1. The fourth-order valence-corrected chi connectivity index (χ4v) is 3.79. The van der Waals surface area contributed by atoms with Crippen molar-refractivity contribution in [2.75, 3.05) is 4.90 Å². The fourth-order valence-electron chi connectivity index (χ4n) is 3.79. The second kappa shape index (κ2) is 7.87. The van der Waals surface area contributed by atoms with Crippen LogP contribution < -0.4 is 10.2 Å². The third-order valence-corrected chi connectivity index (χ3v) is 5.15. The molecule has 4 rings (SSSR count). The fraction of sp³-hybridized carbons (Fsp3) is 0.208. The van der Waals surface area contributed by atoms with Crippen molar-refractivity contribution in [3.05, 3.63) is 94.8 Å². The number of pyridine rings is 1. The third kappa shape index (κ3) is 3.90. The summed E-state index contributed by atoms with van der Waals surface area (Å²) in [7, 11) is 0. The average molecular weight is 385 g/mol. The van der Waals surface area contributed by atoms with Gasteiger partial charge in [0.15, 0.2) is 0 Å². The van der Waals surface area contributed by atoms with E-state index >= 15 is 0 Å². The Balaban J connectivity index is 1.57. The molecule has 1 N–H and O–H groups in total. The number of anilines is 1. The number of hydrogen-bond acceptors (Lipinski definition) is 3. The molecule has 2 amide bonds. The van der Waals surface area contributed by atoms with Crippen molar-refractivity contribution in [2.24, 2.45) is 0 Å². The van der Waals surface area contributed by atoms with Crippen LogP contribution in [0.25, 0.3) is 0 Å². The molecular weight excluding hydrogens is 362 g/mol. The Morgan fingerprint density at radius 3 is 2.55 bits per heavy atom. The maximum absolute atomic E-state index is 13.1. The summed E-state index contributed by atoms with van der Waals surface area (Å²) in [5.41, 5.74) is 5.26. The first kappa shape index (κ1) is 18.9. The summed E-state index contributed by atoms with van der Waals surface area (Å²) in [6.45, 7) is 4.47. The van der Waals surface area contributed by atoms with Crippen LogP contribution in [0.3, 0.4) is 0 Å². The van der Waals surface area contributed by atoms with E-state index in [0.29, 0.717) is 17.8 Å². The quantitative estimate of drug-likeness (QED) is 0.719. The molecule has 2 heterocycles. The third-order valence-electron chi connectivity index (χ3n) is 5.15. The number of amides is 2. The van der Waals surface area contributed by atoms with E-state index < -0.39 is 6.04 Å². The van der Waals surface area contributed by atoms with Crippen LogP contribution in [0.5, 0.6) is 0 Å². The lowest BCUT2D eigenvalue weighted by Crippen LogP contribution is -2.33. The van der Waals surface area contributed by atoms with Crippen LogP contribution in [0.4, 0.5) is 5.69 Å². The first-order chi connectivity index (χ1) is 14.0. The molecule has 1 aliphatic rings. The number of rotatable bonds is 5. The predicted octanol–water partition coefficient (Wildman–Crippen LogP) is 4.11. The Kier molecular flexibility index (Phi) is 5.12. The lowest BCUT2D eigenvalue weighted by Gasteiger charge is -2.25. The largest absolute Gasteiger partial charge is 0.352 e. The van der Waals surface area contributed by atoms with Gasteiger partial charge in [-0.15, -0.1) is 0 Å². The van der Waals surface area contributed by atoms with Crippen molar-refractivity contribution in [3.8, 4) is 0 Å². The van der Waals surface area contributed by atoms with Crippen molar-refractivity contribution >= 4 is 17.5 Å². The Hall–Kier alpha value is -3.47. The molecule has 3 aromatic rings. The Labute approximate surface area is 170 Å². The SMILES string of the molecule is Cc1cccc(CNC(=O)C[C@H]2c3ncccc3C(=O)N2c2cccc(C)c2)c1. The normalized spacial score (nSPS) is 15.3. The van der Waals surface area contributed by atoms with Gasteiger partial charge >= 0.3 is 0 Å². The molecule has 0 spiro atoms. The Morgan fingerprint density at radius 2 is 1.79 bits per heavy atom. The van der Waals surface area contributed by atoms with Gasteiger partial charge in [0.05, 0.1) is 23.7 Å². The summed E-state index contributed by atoms with van der Waals surface area (Å²) in [5.74, 6) is -0.226. The van der Waals surface area contributed by atoms with Crippen molar-refractivity contribution < 1.29 is 9.59 Å². The lowest BCUT2D eigenvalue weighted by atomic mass is 10.1. The van der Waals surface area contributed by atoms with Gasteiger partial charge in [0, 0.05) is 18.4 Å². The van der Waals surface area contributed by atoms with Crippen molar-refractivity contribution in [2.45, 2.75) is 32.9 Å². The highest BCUT2D eigenvalue weighted by molar-refractivity contribution is 6.11. The van der Waals surface area contributed by atoms with Crippen LogP contribution in [0.2, 0.25) is 0 Å². The minimum absolute atomic E-state index is 0.111. The highest BCUT2D eigenvalue weighted by Gasteiger charge is 2.39. The van der Waals surface area contributed by atoms with Crippen LogP contribution in [0.1, 0.15) is 45.2 Å². The van der Waals surface area contributed by atoms with Crippen LogP contribution in [0, 0.1) is 13.8 Å². The van der Waals surface area contributed by atoms with Crippen molar-refractivity contribution in [1.82, 2.24) is 10.3 Å². The molecule has 0 aliphatic carbocycles. The number of benzene rings is 2. The summed E-state index contributed by atoms with van der Waals surface area (Å²) < 4.78 is 0. The van der Waals surface area contributed by atoms with Gasteiger partial charge in [-0.05, 0) is 49.2 Å². The smallest absolute Gasteiger partial charge is 0.260 e. The van der Waals surface area contributed by atoms with Gasteiger partial charge in [-0.3, -0.25) is 19.5 Å². The second-order valence-corrected chi connectivity index (χ2v) is 7.44. The van der Waals surface area contributed by atoms with Crippen LogP contribution in [0.15, 0.2) is 66.9 Å². The number of aromatic nitrogens is 1. The van der Waals surface area contributed by atoms with Gasteiger partial charge in [0.1, 0.15) is 0 Å². The highest BCUT2D eigenvalue weighted by Crippen LogP contribution is 2.38. The molecule has 5 nitrogen and oxygen atoms in total. The zero-order valence-electron chi connectivity index (χ0n) is 16.6. The molecule has 1 atom stereocenters. The van der Waals surface area contributed by atoms with E-state index in [4.69, 9.17) is 0 Å². The number of aryl methyl sites for hydroxylation is 2. The summed E-state index contributed by atoms with van der Waals surface area (Å²) in [6.07, 6.45) is 1.83. The first-order valence-corrected chi connectivity index (χ1v) is 9.70. The summed E-state index contributed by atoms with van der Waals surface area (Å²) in [6, 6.07) is 18.9. The number of carbonyl (C=O) groups is 2. The molecule has 0 unspecified atom stereocenters. The molecule has 0 saturated heterocycles. The molecule has 0 fully saturated rings. The summed E-state index contributed by atoms with van der Waals surface area (Å²) >= 11 is 0. The zero-order chi connectivity index (χ0) is 20.4. The van der Waals surface area contributed by atoms with Gasteiger partial charge in [-0.2, -0.15) is 0 Å². The van der Waals surface area contributed by atoms with Crippen molar-refractivity contribution in [3.63, 3.8) is 0 Å². The highest BCUT2D eigenvalue weighted by atomic mass is 16.2. The standard InChI is InChI=1S/C24H23N3O2/c1-16-6-3-8-18(12-16)15-26-22(28)14-21-23-20(10-5-11-25-23)24(29)27(21)19-9-4-7-17(2)13-19/h3-13,21H,14-15H2,1-2H3,(H,26,28)/t21-/m0/s1. The zero-order valence-corrected chi connectivity index (χ0v) is 16.6. The van der Waals surface area contributed by atoms with E-state index in [0.717, 1.165) is 22.4 Å². The molecule has 1 aliphatic heterocycles. The van der Waals surface area contributed by atoms with E-state index in [1.165, 1.54) is 0 Å². The number of carbonyl (C=O) groups excluding carboxylic acids is 2. The first-order valence-electron chi connectivity index (χ1n) is 9.70. The van der Waals surface area contributed by atoms with E-state index in [1.807, 2.05) is 56.3 Å². The van der Waals surface area contributed by atoms with Crippen molar-refractivity contribution in [1.29, 1.82) is 0 Å². The van der Waals surface area contributed by atoms with E-state index in [9.17, 15) is 9.59 Å². The summed E-state index contributed by atoms with van der Waals surface area (Å²) in [4.78, 5) is 31.9. The number of nitrogens with zero attached hydrogens (tertiary/aromatic N) is 2. The molecule has 0 bridgehead atoms. The minimum atomic E-state index is -0.419. The predicted molar refractivity (Wildman–Crippen MR) is 113 cm³/mol. The molecule has 29 heavy (non-hydrogen) atoms. The minimum Gasteiger partial charge on any atom is -0.352 e. The lowest BCUT2D eigenvalue weighted by molar-refractivity contribution is -0.121. The summed E-state index contributed by atoms with van der Waals surface area (Å²) in [5, 5.41) is 2.98. The topological polar surface area (TPSA) is 62.3 Å². The monoisotopic (exact) mass is 385 g/mol. The van der Waals surface area contributed by atoms with Gasteiger partial charge < -0.3 is 5.32 Å². The van der Waals surface area contributed by atoms with E-state index in [1.54, 1.807) is 23.2 Å². The maximum Gasteiger partial charge on any atom is 0.260 e. The molecular formula is C24H23N3O2. The van der Waals surface area contributed by atoms with Crippen LogP contribution in [-0.4, -0.2) is 16.8 Å². The van der Waals surface area contributed by atoms with Crippen LogP contribution >= 0.6 is 0 Å². The van der Waals surface area contributed by atoms with E-state index in [-0.39, 0.29) is 18.2 Å².